The lowest BCUT2D eigenvalue weighted by Gasteiger charge is -2.34. The molecule has 1 aromatic heterocycles. The highest BCUT2D eigenvalue weighted by atomic mass is 16.5. The monoisotopic (exact) mass is 306 g/mol. The van der Waals surface area contributed by atoms with Crippen LogP contribution in [0.1, 0.15) is 31.4 Å². The predicted octanol–water partition coefficient (Wildman–Crippen LogP) is 1.22. The molecule has 1 saturated carbocycles. The van der Waals surface area contributed by atoms with E-state index in [1.54, 1.807) is 18.0 Å². The summed E-state index contributed by atoms with van der Waals surface area (Å²) in [5.74, 6) is 0.499. The largest absolute Gasteiger partial charge is 0.364 e. The van der Waals surface area contributed by atoms with Crippen molar-refractivity contribution in [3.8, 4) is 0 Å². The van der Waals surface area contributed by atoms with E-state index in [-0.39, 0.29) is 23.9 Å². The van der Waals surface area contributed by atoms with E-state index < -0.39 is 0 Å². The van der Waals surface area contributed by atoms with Crippen LogP contribution >= 0.6 is 0 Å². The normalized spacial score (nSPS) is 21.5. The van der Waals surface area contributed by atoms with Gasteiger partial charge in [0.2, 0.25) is 5.91 Å². The topological polar surface area (TPSA) is 78.7 Å². The van der Waals surface area contributed by atoms with Crippen molar-refractivity contribution in [3.05, 3.63) is 18.0 Å². The summed E-state index contributed by atoms with van der Waals surface area (Å²) in [5, 5.41) is 6.81. The molecule has 120 valence electrons. The number of carbonyl (C=O) groups excluding carboxylic acids is 2. The molecule has 7 heteroatoms. The molecule has 2 heterocycles. The molecule has 1 atom stereocenters. The molecule has 0 radical (unpaired) electrons. The number of likely N-dealkylation sites (tertiary alicyclic amines) is 1. The van der Waals surface area contributed by atoms with E-state index in [9.17, 15) is 9.59 Å². The molecule has 2 aliphatic rings. The van der Waals surface area contributed by atoms with Crippen LogP contribution in [0.15, 0.2) is 16.9 Å². The third-order valence-corrected chi connectivity index (χ3v) is 4.22. The fourth-order valence-electron chi connectivity index (χ4n) is 2.80. The quantitative estimate of drug-likeness (QED) is 0.907. The number of carbonyl (C=O) groups is 2. The highest BCUT2D eigenvalue weighted by Crippen LogP contribution is 2.31. The van der Waals surface area contributed by atoms with Crippen LogP contribution in [0.4, 0.5) is 4.79 Å². The minimum Gasteiger partial charge on any atom is -0.364 e. The zero-order valence-corrected chi connectivity index (χ0v) is 12.8. The summed E-state index contributed by atoms with van der Waals surface area (Å²) >= 11 is 0. The molecule has 0 spiro atoms. The van der Waals surface area contributed by atoms with Gasteiger partial charge in [-0.05, 0) is 25.7 Å². The van der Waals surface area contributed by atoms with Crippen molar-refractivity contribution in [2.45, 2.75) is 38.3 Å². The Hall–Kier alpha value is -2.05. The summed E-state index contributed by atoms with van der Waals surface area (Å²) in [7, 11) is 1.72. The molecular formula is C15H22N4O3. The lowest BCUT2D eigenvalue weighted by Crippen LogP contribution is -2.52. The molecule has 1 aliphatic heterocycles. The van der Waals surface area contributed by atoms with Gasteiger partial charge in [0.05, 0.1) is 6.54 Å². The van der Waals surface area contributed by atoms with Crippen LogP contribution in [0.2, 0.25) is 0 Å². The van der Waals surface area contributed by atoms with E-state index in [4.69, 9.17) is 4.52 Å². The number of amides is 3. The molecule has 7 nitrogen and oxygen atoms in total. The molecule has 1 aliphatic carbocycles. The minimum absolute atomic E-state index is 0.0312. The van der Waals surface area contributed by atoms with Crippen molar-refractivity contribution in [1.29, 1.82) is 0 Å². The highest BCUT2D eigenvalue weighted by Gasteiger charge is 2.35. The van der Waals surface area contributed by atoms with Crippen LogP contribution < -0.4 is 5.32 Å². The van der Waals surface area contributed by atoms with Crippen LogP contribution in [-0.2, 0) is 11.3 Å². The Balaban J connectivity index is 1.48. The smallest absolute Gasteiger partial charge is 0.317 e. The van der Waals surface area contributed by atoms with Crippen LogP contribution in [-0.4, -0.2) is 53.1 Å². The average molecular weight is 306 g/mol. The van der Waals surface area contributed by atoms with Gasteiger partial charge < -0.3 is 19.6 Å². The van der Waals surface area contributed by atoms with E-state index in [1.807, 2.05) is 4.90 Å². The second-order valence-electron chi connectivity index (χ2n) is 6.19. The molecular weight excluding hydrogens is 284 g/mol. The van der Waals surface area contributed by atoms with Crippen molar-refractivity contribution < 1.29 is 14.1 Å². The van der Waals surface area contributed by atoms with Gasteiger partial charge in [0.15, 0.2) is 0 Å². The lowest BCUT2D eigenvalue weighted by molar-refractivity contribution is -0.133. The van der Waals surface area contributed by atoms with Gasteiger partial charge in [0, 0.05) is 38.2 Å². The summed E-state index contributed by atoms with van der Waals surface area (Å²) in [4.78, 5) is 27.8. The number of nitrogens with zero attached hydrogens (tertiary/aromatic N) is 3. The summed E-state index contributed by atoms with van der Waals surface area (Å²) < 4.78 is 4.76. The van der Waals surface area contributed by atoms with Gasteiger partial charge in [-0.2, -0.15) is 0 Å². The van der Waals surface area contributed by atoms with Gasteiger partial charge in [-0.15, -0.1) is 0 Å². The van der Waals surface area contributed by atoms with E-state index in [2.05, 4.69) is 10.5 Å². The van der Waals surface area contributed by atoms with Gasteiger partial charge in [0.1, 0.15) is 12.0 Å². The first-order chi connectivity index (χ1) is 10.6. The fourth-order valence-corrected chi connectivity index (χ4v) is 2.80. The van der Waals surface area contributed by atoms with Crippen molar-refractivity contribution in [1.82, 2.24) is 20.3 Å². The number of piperidine rings is 1. The van der Waals surface area contributed by atoms with E-state index in [0.29, 0.717) is 18.8 Å². The maximum Gasteiger partial charge on any atom is 0.317 e. The Bertz CT molecular complexity index is 527. The number of nitrogens with one attached hydrogen (secondary N) is 1. The molecule has 22 heavy (non-hydrogen) atoms. The predicted molar refractivity (Wildman–Crippen MR) is 78.8 cm³/mol. The van der Waals surface area contributed by atoms with Gasteiger partial charge in [-0.3, -0.25) is 4.79 Å². The fraction of sp³-hybridized carbons (Fsp3) is 0.667. The molecule has 0 unspecified atom stereocenters. The Kier molecular flexibility index (Phi) is 4.31. The molecule has 0 bridgehead atoms. The van der Waals surface area contributed by atoms with E-state index in [1.165, 1.54) is 6.26 Å². The van der Waals surface area contributed by atoms with Crippen LogP contribution in [0.25, 0.3) is 0 Å². The average Bonchev–Trinajstić information content (AvgIpc) is 3.25. The van der Waals surface area contributed by atoms with Crippen molar-refractivity contribution in [2.75, 3.05) is 20.1 Å². The Morgan fingerprint density at radius 3 is 2.95 bits per heavy atom. The number of aromatic nitrogens is 1. The summed E-state index contributed by atoms with van der Waals surface area (Å²) in [6.45, 7) is 1.84. The van der Waals surface area contributed by atoms with Gasteiger partial charge in [-0.1, -0.05) is 5.16 Å². The molecule has 1 aromatic rings. The van der Waals surface area contributed by atoms with Gasteiger partial charge in [0.25, 0.3) is 0 Å². The van der Waals surface area contributed by atoms with Crippen molar-refractivity contribution in [3.63, 3.8) is 0 Å². The molecule has 1 N–H and O–H groups in total. The standard InChI is InChI=1S/C15H22N4O3/c1-18(9-13-6-8-22-17-13)15(21)16-12-3-2-7-19(10-12)14(20)11-4-5-11/h6,8,11-12H,2-5,7,9-10H2,1H3,(H,16,21)/t12-/m0/s1. The first-order valence-corrected chi connectivity index (χ1v) is 7.83. The second kappa shape index (κ2) is 6.37. The highest BCUT2D eigenvalue weighted by molar-refractivity contribution is 5.81. The van der Waals surface area contributed by atoms with Crippen LogP contribution in [0, 0.1) is 5.92 Å². The third kappa shape index (κ3) is 3.58. The van der Waals surface area contributed by atoms with E-state index in [0.717, 1.165) is 32.2 Å². The molecule has 2 fully saturated rings. The minimum atomic E-state index is -0.145. The molecule has 3 rings (SSSR count). The SMILES string of the molecule is CN(Cc1ccon1)C(=O)N[C@H]1CCCN(C(=O)C2CC2)C1. The lowest BCUT2D eigenvalue weighted by atomic mass is 10.1. The summed E-state index contributed by atoms with van der Waals surface area (Å²) in [6, 6.07) is 1.62. The van der Waals surface area contributed by atoms with Gasteiger partial charge >= 0.3 is 6.03 Å². The zero-order chi connectivity index (χ0) is 15.5. The maximum absolute atomic E-state index is 12.2. The summed E-state index contributed by atoms with van der Waals surface area (Å²) in [5.41, 5.74) is 0.715. The van der Waals surface area contributed by atoms with Crippen LogP contribution in [0.3, 0.4) is 0 Å². The number of urea groups is 1. The third-order valence-electron chi connectivity index (χ3n) is 4.22. The molecule has 3 amide bonds. The maximum atomic E-state index is 12.2. The second-order valence-corrected chi connectivity index (χ2v) is 6.19. The Morgan fingerprint density at radius 1 is 1.45 bits per heavy atom. The molecule has 1 saturated heterocycles. The van der Waals surface area contributed by atoms with Gasteiger partial charge in [-0.25, -0.2) is 4.79 Å². The van der Waals surface area contributed by atoms with Crippen LogP contribution in [0.5, 0.6) is 0 Å². The zero-order valence-electron chi connectivity index (χ0n) is 12.8. The Labute approximate surface area is 129 Å². The number of rotatable bonds is 4. The Morgan fingerprint density at radius 2 is 2.27 bits per heavy atom. The number of hydrogen-bond donors (Lipinski definition) is 1. The molecule has 0 aromatic carbocycles. The van der Waals surface area contributed by atoms with Crippen molar-refractivity contribution in [2.24, 2.45) is 5.92 Å². The van der Waals surface area contributed by atoms with Crippen molar-refractivity contribution >= 4 is 11.9 Å². The first kappa shape index (κ1) is 14.9. The van der Waals surface area contributed by atoms with E-state index >= 15 is 0 Å². The number of hydrogen-bond acceptors (Lipinski definition) is 4. The summed E-state index contributed by atoms with van der Waals surface area (Å²) in [6.07, 6.45) is 5.39. The first-order valence-electron chi connectivity index (χ1n) is 7.83.